The maximum Gasteiger partial charge on any atom is 0.275 e. The molecule has 110 valence electrons. The van der Waals surface area contributed by atoms with Gasteiger partial charge in [-0.25, -0.2) is 4.99 Å². The van der Waals surface area contributed by atoms with Crippen LogP contribution in [0.5, 0.6) is 0 Å². The van der Waals surface area contributed by atoms with E-state index < -0.39 is 0 Å². The number of hydrogen-bond acceptors (Lipinski definition) is 3. The quantitative estimate of drug-likeness (QED) is 0.867. The van der Waals surface area contributed by atoms with Crippen molar-refractivity contribution in [3.05, 3.63) is 41.1 Å². The van der Waals surface area contributed by atoms with E-state index in [1.54, 1.807) is 0 Å². The van der Waals surface area contributed by atoms with Crippen LogP contribution in [0.2, 0.25) is 0 Å². The fourth-order valence-electron chi connectivity index (χ4n) is 2.66. The number of nitrogens with one attached hydrogen (secondary N) is 1. The average molecular weight is 284 g/mol. The van der Waals surface area contributed by atoms with Crippen molar-refractivity contribution in [3.8, 4) is 0 Å². The Morgan fingerprint density at radius 1 is 1.29 bits per heavy atom. The summed E-state index contributed by atoms with van der Waals surface area (Å²) in [6.07, 6.45) is 4.72. The van der Waals surface area contributed by atoms with Gasteiger partial charge in [0.2, 0.25) is 0 Å². The molecule has 2 aliphatic heterocycles. The van der Waals surface area contributed by atoms with Gasteiger partial charge in [0.05, 0.1) is 0 Å². The Kier molecular flexibility index (Phi) is 4.15. The molecule has 1 amide bonds. The predicted molar refractivity (Wildman–Crippen MR) is 82.9 cm³/mol. The first-order valence-electron chi connectivity index (χ1n) is 7.54. The van der Waals surface area contributed by atoms with Crippen molar-refractivity contribution >= 4 is 17.8 Å². The third kappa shape index (κ3) is 3.22. The van der Waals surface area contributed by atoms with Gasteiger partial charge in [-0.2, -0.15) is 0 Å². The zero-order valence-electron chi connectivity index (χ0n) is 12.3. The second-order valence-electron chi connectivity index (χ2n) is 5.46. The first-order chi connectivity index (χ1) is 10.3. The molecular formula is C17H20N2O2. The molecule has 0 bridgehead atoms. The van der Waals surface area contributed by atoms with Crippen LogP contribution in [0.15, 0.2) is 35.0 Å². The van der Waals surface area contributed by atoms with Crippen molar-refractivity contribution in [3.63, 3.8) is 0 Å². The maximum absolute atomic E-state index is 12.0. The lowest BCUT2D eigenvalue weighted by molar-refractivity contribution is -0.115. The molecule has 1 saturated heterocycles. The number of nitrogens with zero attached hydrogens (tertiary/aromatic N) is 1. The Labute approximate surface area is 124 Å². The van der Waals surface area contributed by atoms with Crippen molar-refractivity contribution in [2.45, 2.75) is 26.2 Å². The first kappa shape index (κ1) is 14.0. The third-order valence-electron chi connectivity index (χ3n) is 4.01. The molecule has 0 saturated carbocycles. The second kappa shape index (κ2) is 6.22. The fraction of sp³-hybridized carbons (Fsp3) is 0.412. The van der Waals surface area contributed by atoms with Gasteiger partial charge >= 0.3 is 0 Å². The summed E-state index contributed by atoms with van der Waals surface area (Å²) >= 11 is 0. The Balaban J connectivity index is 1.78. The number of amidine groups is 1. The number of carbonyl (C=O) groups is 1. The van der Waals surface area contributed by atoms with Crippen LogP contribution in [0.3, 0.4) is 0 Å². The van der Waals surface area contributed by atoms with Gasteiger partial charge < -0.3 is 10.1 Å². The minimum absolute atomic E-state index is 0.101. The normalized spacial score (nSPS) is 21.5. The summed E-state index contributed by atoms with van der Waals surface area (Å²) in [5.74, 6) is 1.02. The van der Waals surface area contributed by atoms with E-state index in [9.17, 15) is 4.79 Å². The van der Waals surface area contributed by atoms with E-state index in [1.807, 2.05) is 18.2 Å². The molecule has 1 aromatic carbocycles. The molecule has 21 heavy (non-hydrogen) atoms. The highest BCUT2D eigenvalue weighted by Gasteiger charge is 2.27. The van der Waals surface area contributed by atoms with E-state index in [2.05, 4.69) is 29.4 Å². The summed E-state index contributed by atoms with van der Waals surface area (Å²) in [6, 6.07) is 8.23. The Hall–Kier alpha value is -1.94. The molecular weight excluding hydrogens is 264 g/mol. The number of hydrogen-bond donors (Lipinski definition) is 1. The van der Waals surface area contributed by atoms with Crippen LogP contribution in [-0.2, 0) is 16.0 Å². The summed E-state index contributed by atoms with van der Waals surface area (Å²) in [5, 5.41) is 2.90. The number of benzene rings is 1. The minimum atomic E-state index is -0.101. The van der Waals surface area contributed by atoms with Crippen molar-refractivity contribution in [2.24, 2.45) is 10.9 Å². The van der Waals surface area contributed by atoms with Crippen molar-refractivity contribution in [2.75, 3.05) is 13.2 Å². The highest BCUT2D eigenvalue weighted by Crippen LogP contribution is 2.21. The zero-order valence-corrected chi connectivity index (χ0v) is 12.3. The molecule has 4 heteroatoms. The van der Waals surface area contributed by atoms with Gasteiger partial charge in [-0.15, -0.1) is 0 Å². The topological polar surface area (TPSA) is 50.7 Å². The molecule has 4 nitrogen and oxygen atoms in total. The summed E-state index contributed by atoms with van der Waals surface area (Å²) in [4.78, 5) is 16.5. The largest absolute Gasteiger partial charge is 0.381 e. The molecule has 0 unspecified atom stereocenters. The van der Waals surface area contributed by atoms with Gasteiger partial charge in [0.1, 0.15) is 11.5 Å². The summed E-state index contributed by atoms with van der Waals surface area (Å²) in [5.41, 5.74) is 2.80. The van der Waals surface area contributed by atoms with E-state index in [0.29, 0.717) is 11.6 Å². The first-order valence-corrected chi connectivity index (χ1v) is 7.54. The zero-order chi connectivity index (χ0) is 14.7. The molecule has 0 spiro atoms. The molecule has 2 heterocycles. The molecule has 0 aromatic heterocycles. The van der Waals surface area contributed by atoms with Crippen LogP contribution in [-0.4, -0.2) is 25.0 Å². The third-order valence-corrected chi connectivity index (χ3v) is 4.01. The van der Waals surface area contributed by atoms with E-state index in [4.69, 9.17) is 4.74 Å². The average Bonchev–Trinajstić information content (AvgIpc) is 2.90. The number of aryl methyl sites for hydroxylation is 1. The number of amides is 1. The maximum atomic E-state index is 12.0. The summed E-state index contributed by atoms with van der Waals surface area (Å²) in [6.45, 7) is 3.62. The van der Waals surface area contributed by atoms with Gasteiger partial charge in [-0.05, 0) is 36.5 Å². The molecule has 3 rings (SSSR count). The second-order valence-corrected chi connectivity index (χ2v) is 5.46. The van der Waals surface area contributed by atoms with Crippen molar-refractivity contribution in [1.29, 1.82) is 0 Å². The van der Waals surface area contributed by atoms with Crippen LogP contribution in [0, 0.1) is 5.92 Å². The lowest BCUT2D eigenvalue weighted by atomic mass is 9.99. The SMILES string of the molecule is CCc1ccc(/C=C2/N=C(C3CCOCC3)NC2=O)cc1. The van der Waals surface area contributed by atoms with Crippen LogP contribution in [0.1, 0.15) is 30.9 Å². The number of rotatable bonds is 3. The van der Waals surface area contributed by atoms with E-state index in [0.717, 1.165) is 43.9 Å². The molecule has 2 aliphatic rings. The fourth-order valence-corrected chi connectivity index (χ4v) is 2.66. The number of aliphatic imine (C=N–C) groups is 1. The van der Waals surface area contributed by atoms with Gasteiger partial charge in [0.25, 0.3) is 5.91 Å². The lowest BCUT2D eigenvalue weighted by Crippen LogP contribution is -2.33. The van der Waals surface area contributed by atoms with Gasteiger partial charge in [-0.3, -0.25) is 4.79 Å². The summed E-state index contributed by atoms with van der Waals surface area (Å²) < 4.78 is 5.35. The van der Waals surface area contributed by atoms with Gasteiger partial charge in [0, 0.05) is 19.1 Å². The molecule has 0 aliphatic carbocycles. The molecule has 0 radical (unpaired) electrons. The summed E-state index contributed by atoms with van der Waals surface area (Å²) in [7, 11) is 0. The highest BCUT2D eigenvalue weighted by atomic mass is 16.5. The van der Waals surface area contributed by atoms with E-state index in [-0.39, 0.29) is 5.91 Å². The number of ether oxygens (including phenoxy) is 1. The molecule has 1 aromatic rings. The predicted octanol–water partition coefficient (Wildman–Crippen LogP) is 2.54. The molecule has 0 atom stereocenters. The van der Waals surface area contributed by atoms with Gasteiger partial charge in [0.15, 0.2) is 0 Å². The van der Waals surface area contributed by atoms with Crippen LogP contribution < -0.4 is 5.32 Å². The van der Waals surface area contributed by atoms with Crippen molar-refractivity contribution in [1.82, 2.24) is 5.32 Å². The van der Waals surface area contributed by atoms with E-state index in [1.165, 1.54) is 5.56 Å². The van der Waals surface area contributed by atoms with Crippen LogP contribution >= 0.6 is 0 Å². The minimum Gasteiger partial charge on any atom is -0.381 e. The van der Waals surface area contributed by atoms with Gasteiger partial charge in [-0.1, -0.05) is 31.2 Å². The molecule has 1 N–H and O–H groups in total. The van der Waals surface area contributed by atoms with Crippen molar-refractivity contribution < 1.29 is 9.53 Å². The molecule has 1 fully saturated rings. The Morgan fingerprint density at radius 3 is 2.67 bits per heavy atom. The van der Waals surface area contributed by atoms with Crippen LogP contribution in [0.4, 0.5) is 0 Å². The van der Waals surface area contributed by atoms with Crippen LogP contribution in [0.25, 0.3) is 6.08 Å². The smallest absolute Gasteiger partial charge is 0.275 e. The Bertz CT molecular complexity index is 581. The number of carbonyl (C=O) groups excluding carboxylic acids is 1. The standard InChI is InChI=1S/C17H20N2O2/c1-2-12-3-5-13(6-4-12)11-15-17(20)19-16(18-15)14-7-9-21-10-8-14/h3-6,11,14H,2,7-10H2,1H3,(H,18,19,20)/b15-11+. The lowest BCUT2D eigenvalue weighted by Gasteiger charge is -2.21. The highest BCUT2D eigenvalue weighted by molar-refractivity contribution is 6.15. The Morgan fingerprint density at radius 2 is 2.00 bits per heavy atom. The monoisotopic (exact) mass is 284 g/mol. The van der Waals surface area contributed by atoms with E-state index >= 15 is 0 Å².